The average molecular weight is 275 g/mol. The summed E-state index contributed by atoms with van der Waals surface area (Å²) in [4.78, 5) is 34.7. The van der Waals surface area contributed by atoms with E-state index in [-0.39, 0.29) is 5.56 Å². The molecule has 0 aliphatic carbocycles. The Morgan fingerprint density at radius 1 is 1.25 bits per heavy atom. The van der Waals surface area contributed by atoms with Crippen LogP contribution in [0.5, 0.6) is 0 Å². The zero-order valence-electron chi connectivity index (χ0n) is 11.0. The smallest absolute Gasteiger partial charge is 0.349 e. The molecule has 6 heteroatoms. The fourth-order valence-corrected chi connectivity index (χ4v) is 1.62. The third-order valence-corrected chi connectivity index (χ3v) is 2.85. The van der Waals surface area contributed by atoms with Crippen LogP contribution in [0.3, 0.4) is 0 Å². The molecule has 0 saturated heterocycles. The minimum Gasteiger partial charge on any atom is -0.480 e. The van der Waals surface area contributed by atoms with Gasteiger partial charge in [-0.15, -0.1) is 0 Å². The van der Waals surface area contributed by atoms with Crippen molar-refractivity contribution in [2.45, 2.75) is 19.4 Å². The Balaban J connectivity index is 2.43. The molecule has 0 aliphatic rings. The van der Waals surface area contributed by atoms with E-state index in [1.807, 2.05) is 0 Å². The second-order valence-electron chi connectivity index (χ2n) is 4.87. The Labute approximate surface area is 114 Å². The summed E-state index contributed by atoms with van der Waals surface area (Å²) >= 11 is 0. The molecule has 0 aliphatic heterocycles. The second kappa shape index (κ2) is 4.80. The summed E-state index contributed by atoms with van der Waals surface area (Å²) in [6, 6.07) is 8.13. The van der Waals surface area contributed by atoms with E-state index in [4.69, 9.17) is 9.52 Å². The van der Waals surface area contributed by atoms with Crippen LogP contribution in [0.25, 0.3) is 11.0 Å². The van der Waals surface area contributed by atoms with Gasteiger partial charge in [-0.05, 0) is 26.0 Å². The number of aliphatic carboxylic acids is 1. The second-order valence-corrected chi connectivity index (χ2v) is 4.87. The maximum atomic E-state index is 12.0. The highest BCUT2D eigenvalue weighted by molar-refractivity contribution is 5.99. The number of carbonyl (C=O) groups excluding carboxylic acids is 1. The number of hydrogen-bond acceptors (Lipinski definition) is 4. The minimum atomic E-state index is -1.48. The van der Waals surface area contributed by atoms with Gasteiger partial charge in [-0.3, -0.25) is 4.79 Å². The summed E-state index contributed by atoms with van der Waals surface area (Å²) in [5.41, 5.74) is -2.14. The maximum Gasteiger partial charge on any atom is 0.349 e. The highest BCUT2D eigenvalue weighted by Crippen LogP contribution is 2.13. The van der Waals surface area contributed by atoms with Crippen LogP contribution in [0.4, 0.5) is 0 Å². The van der Waals surface area contributed by atoms with Gasteiger partial charge in [0, 0.05) is 5.39 Å². The molecule has 0 spiro atoms. The number of fused-ring (bicyclic) bond motifs is 1. The molecule has 0 fully saturated rings. The van der Waals surface area contributed by atoms with E-state index >= 15 is 0 Å². The van der Waals surface area contributed by atoms with Crippen LogP contribution in [0.2, 0.25) is 0 Å². The fourth-order valence-electron chi connectivity index (χ4n) is 1.62. The maximum absolute atomic E-state index is 12.0. The van der Waals surface area contributed by atoms with Crippen molar-refractivity contribution in [1.82, 2.24) is 5.32 Å². The van der Waals surface area contributed by atoms with Gasteiger partial charge >= 0.3 is 11.6 Å². The van der Waals surface area contributed by atoms with Crippen LogP contribution in [0.1, 0.15) is 24.2 Å². The molecule has 0 atom stereocenters. The lowest BCUT2D eigenvalue weighted by molar-refractivity contribution is -0.143. The standard InChI is InChI=1S/C14H13NO5/c1-14(2,13(18)19)15-11(16)9-7-8-5-3-4-6-10(8)20-12(9)17/h3-7H,1-2H3,(H,15,16)(H,18,19). The van der Waals surface area contributed by atoms with E-state index in [9.17, 15) is 14.4 Å². The Morgan fingerprint density at radius 3 is 2.55 bits per heavy atom. The van der Waals surface area contributed by atoms with Crippen LogP contribution < -0.4 is 10.9 Å². The number of para-hydroxylation sites is 1. The van der Waals surface area contributed by atoms with Crippen molar-refractivity contribution in [3.05, 3.63) is 46.3 Å². The first-order chi connectivity index (χ1) is 9.31. The lowest BCUT2D eigenvalue weighted by atomic mass is 10.1. The third kappa shape index (κ3) is 2.54. The molecule has 0 radical (unpaired) electrons. The molecule has 2 N–H and O–H groups in total. The molecule has 0 bridgehead atoms. The molecule has 1 heterocycles. The summed E-state index contributed by atoms with van der Waals surface area (Å²) in [6.07, 6.45) is 0. The Bertz CT molecular complexity index is 745. The van der Waals surface area contributed by atoms with Gasteiger partial charge in [-0.1, -0.05) is 18.2 Å². The summed E-state index contributed by atoms with van der Waals surface area (Å²) < 4.78 is 5.03. The Morgan fingerprint density at radius 2 is 1.90 bits per heavy atom. The number of carboxylic acids is 1. The largest absolute Gasteiger partial charge is 0.480 e. The Hall–Kier alpha value is -2.63. The van der Waals surface area contributed by atoms with Gasteiger partial charge in [0.2, 0.25) is 0 Å². The molecule has 1 amide bonds. The lowest BCUT2D eigenvalue weighted by Gasteiger charge is -2.20. The van der Waals surface area contributed by atoms with Crippen molar-refractivity contribution in [2.75, 3.05) is 0 Å². The average Bonchev–Trinajstić information content (AvgIpc) is 2.37. The quantitative estimate of drug-likeness (QED) is 0.825. The molecule has 104 valence electrons. The highest BCUT2D eigenvalue weighted by atomic mass is 16.4. The van der Waals surface area contributed by atoms with Crippen LogP contribution in [-0.2, 0) is 4.79 Å². The van der Waals surface area contributed by atoms with E-state index in [1.54, 1.807) is 24.3 Å². The Kier molecular flexibility index (Phi) is 3.31. The number of nitrogens with one attached hydrogen (secondary N) is 1. The van der Waals surface area contributed by atoms with Gasteiger partial charge in [-0.2, -0.15) is 0 Å². The minimum absolute atomic E-state index is 0.224. The van der Waals surface area contributed by atoms with Gasteiger partial charge in [0.1, 0.15) is 16.7 Å². The molecule has 0 unspecified atom stereocenters. The normalized spacial score (nSPS) is 11.3. The zero-order chi connectivity index (χ0) is 14.9. The topological polar surface area (TPSA) is 96.6 Å². The molecule has 1 aromatic carbocycles. The number of rotatable bonds is 3. The van der Waals surface area contributed by atoms with Crippen LogP contribution >= 0.6 is 0 Å². The van der Waals surface area contributed by atoms with Crippen LogP contribution in [-0.4, -0.2) is 22.5 Å². The van der Waals surface area contributed by atoms with Crippen molar-refractivity contribution in [3.63, 3.8) is 0 Å². The van der Waals surface area contributed by atoms with E-state index < -0.39 is 23.0 Å². The fraction of sp³-hybridized carbons (Fsp3) is 0.214. The van der Waals surface area contributed by atoms with Crippen molar-refractivity contribution < 1.29 is 19.1 Å². The number of carboxylic acid groups (broad SMARTS) is 1. The predicted octanol–water partition coefficient (Wildman–Crippen LogP) is 1.39. The van der Waals surface area contributed by atoms with Gasteiger partial charge < -0.3 is 14.8 Å². The van der Waals surface area contributed by atoms with Gasteiger partial charge in [0.15, 0.2) is 0 Å². The first-order valence-corrected chi connectivity index (χ1v) is 5.90. The molecular formula is C14H13NO5. The van der Waals surface area contributed by atoms with E-state index in [0.29, 0.717) is 11.0 Å². The van der Waals surface area contributed by atoms with E-state index in [0.717, 1.165) is 0 Å². The first kappa shape index (κ1) is 13.8. The number of hydrogen-bond donors (Lipinski definition) is 2. The van der Waals surface area contributed by atoms with Crippen molar-refractivity contribution >= 4 is 22.8 Å². The van der Waals surface area contributed by atoms with Crippen LogP contribution in [0, 0.1) is 0 Å². The van der Waals surface area contributed by atoms with Crippen molar-refractivity contribution in [3.8, 4) is 0 Å². The van der Waals surface area contributed by atoms with E-state index in [2.05, 4.69) is 5.32 Å². The summed E-state index contributed by atoms with van der Waals surface area (Å²) in [6.45, 7) is 2.66. The molecule has 0 saturated carbocycles. The zero-order valence-corrected chi connectivity index (χ0v) is 11.0. The van der Waals surface area contributed by atoms with Gasteiger partial charge in [0.25, 0.3) is 5.91 Å². The lowest BCUT2D eigenvalue weighted by Crippen LogP contribution is -2.50. The molecule has 20 heavy (non-hydrogen) atoms. The molecule has 2 rings (SSSR count). The molecule has 2 aromatic rings. The third-order valence-electron chi connectivity index (χ3n) is 2.85. The van der Waals surface area contributed by atoms with Crippen molar-refractivity contribution in [1.29, 1.82) is 0 Å². The number of amides is 1. The van der Waals surface area contributed by atoms with Gasteiger partial charge in [-0.25, -0.2) is 9.59 Å². The highest BCUT2D eigenvalue weighted by Gasteiger charge is 2.30. The van der Waals surface area contributed by atoms with E-state index in [1.165, 1.54) is 19.9 Å². The van der Waals surface area contributed by atoms with Crippen LogP contribution in [0.15, 0.2) is 39.5 Å². The molecule has 6 nitrogen and oxygen atoms in total. The monoisotopic (exact) mass is 275 g/mol. The summed E-state index contributed by atoms with van der Waals surface area (Å²) in [5, 5.41) is 11.8. The number of carbonyl (C=O) groups is 2. The summed E-state index contributed by atoms with van der Waals surface area (Å²) in [7, 11) is 0. The van der Waals surface area contributed by atoms with Crippen molar-refractivity contribution in [2.24, 2.45) is 0 Å². The van der Waals surface area contributed by atoms with Gasteiger partial charge in [0.05, 0.1) is 0 Å². The summed E-state index contributed by atoms with van der Waals surface area (Å²) in [5.74, 6) is -1.98. The predicted molar refractivity (Wildman–Crippen MR) is 71.7 cm³/mol. The first-order valence-electron chi connectivity index (χ1n) is 5.90. The molecular weight excluding hydrogens is 262 g/mol. The SMILES string of the molecule is CC(C)(NC(=O)c1cc2ccccc2oc1=O)C(=O)O. The number of benzene rings is 1. The molecule has 1 aromatic heterocycles.